The Hall–Kier alpha value is -2.33. The molecular formula is C24H23Cl2N3. The number of likely N-dealkylation sites (N-methyl/N-ethyl adjacent to an activating group) is 1. The topological polar surface area (TPSA) is 21.1 Å². The van der Waals surface area contributed by atoms with Crippen molar-refractivity contribution in [2.75, 3.05) is 20.6 Å². The molecule has 0 aliphatic rings. The second-order valence-electron chi connectivity index (χ2n) is 7.67. The van der Waals surface area contributed by atoms with Crippen LogP contribution in [0.15, 0.2) is 67.1 Å². The first-order valence-electron chi connectivity index (χ1n) is 9.59. The number of nitrogens with zero attached hydrogens (tertiary/aromatic N) is 3. The third-order valence-electron chi connectivity index (χ3n) is 5.12. The van der Waals surface area contributed by atoms with Crippen LogP contribution in [0.5, 0.6) is 0 Å². The Labute approximate surface area is 181 Å². The average molecular weight is 424 g/mol. The SMILES string of the molecule is CC(CN(C)C)n1cc(-c2cncc(-c3cccc(Cl)c3)c2)c2c(Cl)cccc21. The first-order chi connectivity index (χ1) is 13.9. The molecule has 29 heavy (non-hydrogen) atoms. The van der Waals surface area contributed by atoms with Gasteiger partial charge in [0, 0.05) is 58.3 Å². The summed E-state index contributed by atoms with van der Waals surface area (Å²) < 4.78 is 2.31. The van der Waals surface area contributed by atoms with Crippen molar-refractivity contribution in [3.05, 3.63) is 77.2 Å². The van der Waals surface area contributed by atoms with Gasteiger partial charge in [0.1, 0.15) is 0 Å². The lowest BCUT2D eigenvalue weighted by atomic mass is 10.0. The molecule has 0 aliphatic carbocycles. The van der Waals surface area contributed by atoms with Crippen molar-refractivity contribution in [2.45, 2.75) is 13.0 Å². The summed E-state index contributed by atoms with van der Waals surface area (Å²) in [6.45, 7) is 3.17. The van der Waals surface area contributed by atoms with Crippen LogP contribution in [0.1, 0.15) is 13.0 Å². The van der Waals surface area contributed by atoms with Crippen molar-refractivity contribution in [3.63, 3.8) is 0 Å². The lowest BCUT2D eigenvalue weighted by Gasteiger charge is -2.19. The van der Waals surface area contributed by atoms with E-state index in [2.05, 4.69) is 53.8 Å². The van der Waals surface area contributed by atoms with E-state index in [9.17, 15) is 0 Å². The Morgan fingerprint density at radius 1 is 0.966 bits per heavy atom. The van der Waals surface area contributed by atoms with Gasteiger partial charge in [-0.05, 0) is 56.9 Å². The van der Waals surface area contributed by atoms with Crippen LogP contribution >= 0.6 is 23.2 Å². The molecule has 2 aromatic heterocycles. The maximum absolute atomic E-state index is 6.65. The molecule has 2 heterocycles. The minimum absolute atomic E-state index is 0.309. The average Bonchev–Trinajstić information content (AvgIpc) is 3.09. The van der Waals surface area contributed by atoms with Crippen molar-refractivity contribution >= 4 is 34.1 Å². The third-order valence-corrected chi connectivity index (χ3v) is 5.67. The molecule has 148 valence electrons. The number of fused-ring (bicyclic) bond motifs is 1. The van der Waals surface area contributed by atoms with Gasteiger partial charge < -0.3 is 9.47 Å². The highest BCUT2D eigenvalue weighted by Crippen LogP contribution is 2.38. The van der Waals surface area contributed by atoms with Crippen LogP contribution in [0.3, 0.4) is 0 Å². The molecule has 0 bridgehead atoms. The summed E-state index contributed by atoms with van der Waals surface area (Å²) >= 11 is 12.8. The molecule has 0 spiro atoms. The quantitative estimate of drug-likeness (QED) is 0.351. The number of halogens is 2. The van der Waals surface area contributed by atoms with Gasteiger partial charge in [-0.2, -0.15) is 0 Å². The summed E-state index contributed by atoms with van der Waals surface area (Å²) in [7, 11) is 4.18. The van der Waals surface area contributed by atoms with Gasteiger partial charge in [-0.1, -0.05) is 41.4 Å². The molecule has 1 unspecified atom stereocenters. The Morgan fingerprint density at radius 3 is 2.48 bits per heavy atom. The van der Waals surface area contributed by atoms with Gasteiger partial charge in [0.25, 0.3) is 0 Å². The summed E-state index contributed by atoms with van der Waals surface area (Å²) in [5.41, 5.74) is 5.33. The maximum Gasteiger partial charge on any atom is 0.0506 e. The van der Waals surface area contributed by atoms with Crippen LogP contribution in [0.2, 0.25) is 10.0 Å². The Morgan fingerprint density at radius 2 is 1.72 bits per heavy atom. The summed E-state index contributed by atoms with van der Waals surface area (Å²) in [6.07, 6.45) is 5.96. The largest absolute Gasteiger partial charge is 0.343 e. The molecule has 0 fully saturated rings. The maximum atomic E-state index is 6.65. The smallest absolute Gasteiger partial charge is 0.0506 e. The van der Waals surface area contributed by atoms with E-state index in [0.717, 1.165) is 44.7 Å². The van der Waals surface area contributed by atoms with Gasteiger partial charge in [-0.25, -0.2) is 0 Å². The Kier molecular flexibility index (Phi) is 5.64. The van der Waals surface area contributed by atoms with E-state index in [1.807, 2.05) is 48.8 Å². The van der Waals surface area contributed by atoms with E-state index in [1.54, 1.807) is 0 Å². The summed E-state index contributed by atoms with van der Waals surface area (Å²) in [5, 5.41) is 2.52. The van der Waals surface area contributed by atoms with Gasteiger partial charge in [0.05, 0.1) is 10.5 Å². The first-order valence-corrected chi connectivity index (χ1v) is 10.3. The second kappa shape index (κ2) is 8.19. The predicted octanol–water partition coefficient (Wildman–Crippen LogP) is 6.80. The fraction of sp³-hybridized carbons (Fsp3) is 0.208. The number of rotatable bonds is 5. The van der Waals surface area contributed by atoms with Crippen LogP contribution in [-0.2, 0) is 0 Å². The molecule has 0 radical (unpaired) electrons. The predicted molar refractivity (Wildman–Crippen MR) is 124 cm³/mol. The molecule has 2 aromatic carbocycles. The summed E-state index contributed by atoms with van der Waals surface area (Å²) in [4.78, 5) is 6.70. The van der Waals surface area contributed by atoms with Crippen LogP contribution in [0, 0.1) is 0 Å². The van der Waals surface area contributed by atoms with Crippen molar-refractivity contribution in [3.8, 4) is 22.3 Å². The number of benzene rings is 2. The van der Waals surface area contributed by atoms with Crippen molar-refractivity contribution < 1.29 is 0 Å². The molecule has 0 aliphatic heterocycles. The van der Waals surface area contributed by atoms with Crippen molar-refractivity contribution in [1.82, 2.24) is 14.5 Å². The molecule has 0 saturated carbocycles. The van der Waals surface area contributed by atoms with Crippen LogP contribution in [0.4, 0.5) is 0 Å². The minimum atomic E-state index is 0.309. The molecule has 0 saturated heterocycles. The zero-order valence-electron chi connectivity index (χ0n) is 16.7. The molecule has 1 atom stereocenters. The lowest BCUT2D eigenvalue weighted by molar-refractivity contribution is 0.341. The lowest BCUT2D eigenvalue weighted by Crippen LogP contribution is -2.21. The van der Waals surface area contributed by atoms with Gasteiger partial charge >= 0.3 is 0 Å². The summed E-state index contributed by atoms with van der Waals surface area (Å²) in [6, 6.07) is 16.4. The molecular weight excluding hydrogens is 401 g/mol. The molecule has 3 nitrogen and oxygen atoms in total. The van der Waals surface area contributed by atoms with Crippen molar-refractivity contribution in [2.24, 2.45) is 0 Å². The highest BCUT2D eigenvalue weighted by Gasteiger charge is 2.17. The Balaban J connectivity index is 1.87. The normalized spacial score (nSPS) is 12.6. The second-order valence-corrected chi connectivity index (χ2v) is 8.51. The van der Waals surface area contributed by atoms with E-state index in [4.69, 9.17) is 23.2 Å². The number of pyridine rings is 1. The van der Waals surface area contributed by atoms with Crippen molar-refractivity contribution in [1.29, 1.82) is 0 Å². The number of aromatic nitrogens is 2. The summed E-state index contributed by atoms with van der Waals surface area (Å²) in [5.74, 6) is 0. The highest BCUT2D eigenvalue weighted by atomic mass is 35.5. The van der Waals surface area contributed by atoms with Gasteiger partial charge in [0.2, 0.25) is 0 Å². The first kappa shape index (κ1) is 20.0. The van der Waals surface area contributed by atoms with Crippen LogP contribution < -0.4 is 0 Å². The van der Waals surface area contributed by atoms with Crippen LogP contribution in [0.25, 0.3) is 33.2 Å². The van der Waals surface area contributed by atoms with E-state index in [-0.39, 0.29) is 0 Å². The monoisotopic (exact) mass is 423 g/mol. The fourth-order valence-corrected chi connectivity index (χ4v) is 4.34. The van der Waals surface area contributed by atoms with Gasteiger partial charge in [-0.3, -0.25) is 4.98 Å². The zero-order chi connectivity index (χ0) is 20.5. The van der Waals surface area contributed by atoms with E-state index < -0.39 is 0 Å². The zero-order valence-corrected chi connectivity index (χ0v) is 18.2. The Bertz CT molecular complexity index is 1160. The van der Waals surface area contributed by atoms with Gasteiger partial charge in [0.15, 0.2) is 0 Å². The fourth-order valence-electron chi connectivity index (χ4n) is 3.88. The molecule has 4 aromatic rings. The van der Waals surface area contributed by atoms with E-state index in [0.29, 0.717) is 11.1 Å². The molecule has 0 amide bonds. The highest BCUT2D eigenvalue weighted by molar-refractivity contribution is 6.36. The third kappa shape index (κ3) is 4.04. The minimum Gasteiger partial charge on any atom is -0.343 e. The molecule has 0 N–H and O–H groups in total. The number of hydrogen-bond acceptors (Lipinski definition) is 2. The number of hydrogen-bond donors (Lipinski definition) is 0. The standard InChI is InChI=1S/C24H23Cl2N3/c1-16(14-28(2)3)29-15-21(24-22(26)8-5-9-23(24)29)19-10-18(12-27-13-19)17-6-4-7-20(25)11-17/h4-13,15-16H,14H2,1-3H3. The van der Waals surface area contributed by atoms with Crippen LogP contribution in [-0.4, -0.2) is 35.1 Å². The molecule has 4 rings (SSSR count). The molecule has 5 heteroatoms. The van der Waals surface area contributed by atoms with Gasteiger partial charge in [-0.15, -0.1) is 0 Å². The van der Waals surface area contributed by atoms with E-state index >= 15 is 0 Å². The van der Waals surface area contributed by atoms with E-state index in [1.165, 1.54) is 0 Å².